The van der Waals surface area contributed by atoms with Crippen molar-refractivity contribution < 1.29 is 9.53 Å². The fraction of sp³-hybridized carbons (Fsp3) is 0.571. The number of carbonyl (C=O) groups is 1. The Bertz CT molecular complexity index is 148. The molecule has 0 radical (unpaired) electrons. The second-order valence-corrected chi connectivity index (χ2v) is 1.79. The molecule has 0 unspecified atom stereocenters. The van der Waals surface area contributed by atoms with Crippen LogP contribution in [0.25, 0.3) is 0 Å². The summed E-state index contributed by atoms with van der Waals surface area (Å²) in [4.78, 5) is 12.1. The van der Waals surface area contributed by atoms with E-state index in [9.17, 15) is 4.79 Å². The van der Waals surface area contributed by atoms with Crippen molar-refractivity contribution in [2.24, 2.45) is 0 Å². The molecule has 0 amide bonds. The summed E-state index contributed by atoms with van der Waals surface area (Å²) in [5.41, 5.74) is 0. The Kier molecular flexibility index (Phi) is 4.14. The molecule has 3 heteroatoms. The predicted octanol–water partition coefficient (Wildman–Crippen LogP) is 0.0720. The van der Waals surface area contributed by atoms with Crippen LogP contribution in [0.4, 0.5) is 0 Å². The Morgan fingerprint density at radius 3 is 2.80 bits per heavy atom. The first-order valence-corrected chi connectivity index (χ1v) is 3.03. The summed E-state index contributed by atoms with van der Waals surface area (Å²) >= 11 is 0. The highest BCUT2D eigenvalue weighted by Crippen LogP contribution is 1.81. The second-order valence-electron chi connectivity index (χ2n) is 1.79. The van der Waals surface area contributed by atoms with E-state index in [-0.39, 0.29) is 12.5 Å². The predicted molar refractivity (Wildman–Crippen MR) is 38.1 cm³/mol. The summed E-state index contributed by atoms with van der Waals surface area (Å²) in [5.74, 6) is -0.289. The minimum atomic E-state index is -0.289. The molecular formula is C7H11NO2. The Labute approximate surface area is 61.0 Å². The van der Waals surface area contributed by atoms with Crippen LogP contribution < -0.4 is 0 Å². The number of carbonyl (C=O) groups excluding carboxylic acids is 1. The van der Waals surface area contributed by atoms with Crippen LogP contribution in [0.3, 0.4) is 0 Å². The van der Waals surface area contributed by atoms with E-state index >= 15 is 0 Å². The lowest BCUT2D eigenvalue weighted by molar-refractivity contribution is -0.143. The third kappa shape index (κ3) is 3.79. The Morgan fingerprint density at radius 2 is 2.40 bits per heavy atom. The van der Waals surface area contributed by atoms with Crippen molar-refractivity contribution >= 4 is 5.97 Å². The van der Waals surface area contributed by atoms with E-state index in [0.29, 0.717) is 6.61 Å². The van der Waals surface area contributed by atoms with Crippen LogP contribution in [0.5, 0.6) is 0 Å². The van der Waals surface area contributed by atoms with E-state index in [1.807, 2.05) is 0 Å². The second kappa shape index (κ2) is 4.68. The molecule has 0 rings (SSSR count). The van der Waals surface area contributed by atoms with Gasteiger partial charge in [-0.25, -0.2) is 0 Å². The first-order valence-electron chi connectivity index (χ1n) is 3.03. The van der Waals surface area contributed by atoms with Crippen molar-refractivity contribution in [3.05, 3.63) is 0 Å². The van der Waals surface area contributed by atoms with Gasteiger partial charge in [-0.3, -0.25) is 4.79 Å². The third-order valence-electron chi connectivity index (χ3n) is 0.892. The number of ether oxygens (including phenoxy) is 1. The molecule has 0 aliphatic heterocycles. The van der Waals surface area contributed by atoms with Crippen molar-refractivity contribution in [3.8, 4) is 12.5 Å². The summed E-state index contributed by atoms with van der Waals surface area (Å²) in [7, 11) is 1.65. The third-order valence-corrected chi connectivity index (χ3v) is 0.892. The molecule has 3 nitrogen and oxygen atoms in total. The lowest BCUT2D eigenvalue weighted by atomic mass is 10.6. The minimum Gasteiger partial charge on any atom is -0.465 e. The van der Waals surface area contributed by atoms with Crippen LogP contribution in [0.15, 0.2) is 0 Å². The summed E-state index contributed by atoms with van der Waals surface area (Å²) in [6.45, 7) is 2.31. The number of esters is 1. The van der Waals surface area contributed by atoms with Crippen molar-refractivity contribution in [1.82, 2.24) is 4.90 Å². The SMILES string of the molecule is C#CN(C)CC(=O)OCC. The number of nitrogens with zero attached hydrogens (tertiary/aromatic N) is 1. The Morgan fingerprint density at radius 1 is 1.80 bits per heavy atom. The van der Waals surface area contributed by atoms with E-state index in [0.717, 1.165) is 0 Å². The van der Waals surface area contributed by atoms with Gasteiger partial charge in [0.05, 0.1) is 6.61 Å². The van der Waals surface area contributed by atoms with Gasteiger partial charge in [0, 0.05) is 13.1 Å². The molecule has 0 aromatic heterocycles. The lowest BCUT2D eigenvalue weighted by Crippen LogP contribution is -2.22. The molecule has 0 atom stereocenters. The van der Waals surface area contributed by atoms with Crippen LogP contribution in [0, 0.1) is 12.5 Å². The van der Waals surface area contributed by atoms with E-state index in [1.165, 1.54) is 4.90 Å². The number of hydrogen-bond acceptors (Lipinski definition) is 3. The topological polar surface area (TPSA) is 29.5 Å². The van der Waals surface area contributed by atoms with Gasteiger partial charge in [0.25, 0.3) is 0 Å². The number of likely N-dealkylation sites (N-methyl/N-ethyl adjacent to an activating group) is 1. The van der Waals surface area contributed by atoms with Gasteiger partial charge in [0.2, 0.25) is 0 Å². The molecule has 0 aliphatic carbocycles. The van der Waals surface area contributed by atoms with Gasteiger partial charge in [-0.15, -0.1) is 0 Å². The maximum atomic E-state index is 10.7. The standard InChI is InChI=1S/C7H11NO2/c1-4-8(3)6-7(9)10-5-2/h1H,5-6H2,2-3H3. The molecule has 0 spiro atoms. The number of terminal acetylenes is 1. The summed E-state index contributed by atoms with van der Waals surface area (Å²) in [6.07, 6.45) is 4.98. The highest BCUT2D eigenvalue weighted by atomic mass is 16.5. The van der Waals surface area contributed by atoms with Crippen molar-refractivity contribution in [2.75, 3.05) is 20.2 Å². The van der Waals surface area contributed by atoms with Crippen molar-refractivity contribution in [2.45, 2.75) is 6.92 Å². The molecule has 0 bridgehead atoms. The van der Waals surface area contributed by atoms with Gasteiger partial charge >= 0.3 is 5.97 Å². The van der Waals surface area contributed by atoms with E-state index < -0.39 is 0 Å². The average Bonchev–Trinajstić information content (AvgIpc) is 1.88. The smallest absolute Gasteiger partial charge is 0.326 e. The lowest BCUT2D eigenvalue weighted by Gasteiger charge is -2.08. The highest BCUT2D eigenvalue weighted by molar-refractivity contribution is 5.71. The van der Waals surface area contributed by atoms with E-state index in [4.69, 9.17) is 6.42 Å². The molecule has 0 aromatic carbocycles. The van der Waals surface area contributed by atoms with Crippen LogP contribution in [-0.2, 0) is 9.53 Å². The van der Waals surface area contributed by atoms with Gasteiger partial charge in [-0.1, -0.05) is 6.42 Å². The zero-order chi connectivity index (χ0) is 7.98. The molecular weight excluding hydrogens is 130 g/mol. The maximum Gasteiger partial charge on any atom is 0.326 e. The van der Waals surface area contributed by atoms with Gasteiger partial charge < -0.3 is 9.64 Å². The van der Waals surface area contributed by atoms with Gasteiger partial charge in [0.15, 0.2) is 0 Å². The molecule has 56 valence electrons. The van der Waals surface area contributed by atoms with Crippen LogP contribution in [0.1, 0.15) is 6.92 Å². The highest BCUT2D eigenvalue weighted by Gasteiger charge is 2.01. The van der Waals surface area contributed by atoms with Crippen molar-refractivity contribution in [3.63, 3.8) is 0 Å². The molecule has 0 aliphatic rings. The minimum absolute atomic E-state index is 0.157. The monoisotopic (exact) mass is 141 g/mol. The molecule has 0 fully saturated rings. The van der Waals surface area contributed by atoms with Crippen LogP contribution in [-0.4, -0.2) is 31.1 Å². The van der Waals surface area contributed by atoms with Crippen LogP contribution >= 0.6 is 0 Å². The molecule has 0 N–H and O–H groups in total. The van der Waals surface area contributed by atoms with Gasteiger partial charge in [-0.05, 0) is 6.92 Å². The summed E-state index contributed by atoms with van der Waals surface area (Å²) in [6, 6.07) is 2.29. The molecule has 10 heavy (non-hydrogen) atoms. The van der Waals surface area contributed by atoms with E-state index in [1.54, 1.807) is 14.0 Å². The Balaban J connectivity index is 3.49. The quantitative estimate of drug-likeness (QED) is 0.316. The Hall–Kier alpha value is -1.17. The first-order chi connectivity index (χ1) is 4.70. The van der Waals surface area contributed by atoms with Gasteiger partial charge in [0.1, 0.15) is 6.54 Å². The summed E-state index contributed by atoms with van der Waals surface area (Å²) < 4.78 is 4.64. The molecule has 0 heterocycles. The molecule has 0 saturated carbocycles. The largest absolute Gasteiger partial charge is 0.465 e. The molecule has 0 aromatic rings. The van der Waals surface area contributed by atoms with Crippen LogP contribution in [0.2, 0.25) is 0 Å². The zero-order valence-corrected chi connectivity index (χ0v) is 6.26. The first kappa shape index (κ1) is 8.83. The van der Waals surface area contributed by atoms with Gasteiger partial charge in [-0.2, -0.15) is 0 Å². The maximum absolute atomic E-state index is 10.7. The fourth-order valence-electron chi connectivity index (χ4n) is 0.446. The normalized spacial score (nSPS) is 8.10. The average molecular weight is 141 g/mol. The zero-order valence-electron chi connectivity index (χ0n) is 6.26. The molecule has 0 saturated heterocycles. The van der Waals surface area contributed by atoms with E-state index in [2.05, 4.69) is 10.8 Å². The number of rotatable bonds is 3. The van der Waals surface area contributed by atoms with Crippen molar-refractivity contribution in [1.29, 1.82) is 0 Å². The summed E-state index contributed by atoms with van der Waals surface area (Å²) in [5, 5.41) is 0. The number of hydrogen-bond donors (Lipinski definition) is 0. The fourth-order valence-corrected chi connectivity index (χ4v) is 0.446.